The number of hydrogen-bond acceptors (Lipinski definition) is 9. The van der Waals surface area contributed by atoms with Crippen LogP contribution in [-0.2, 0) is 63.3 Å². The van der Waals surface area contributed by atoms with Gasteiger partial charge in [0.2, 0.25) is 0 Å². The lowest BCUT2D eigenvalue weighted by Crippen LogP contribution is -2.15. The molecule has 79 heavy (non-hydrogen) atoms. The van der Waals surface area contributed by atoms with E-state index in [1.165, 1.54) is 0 Å². The van der Waals surface area contributed by atoms with E-state index in [9.17, 15) is 9.59 Å². The number of anilines is 6. The van der Waals surface area contributed by atoms with Gasteiger partial charge in [0.05, 0.1) is 50.8 Å². The molecule has 0 amide bonds. The van der Waals surface area contributed by atoms with E-state index in [0.717, 1.165) is 84.2 Å². The molecule has 0 aliphatic heterocycles. The van der Waals surface area contributed by atoms with E-state index < -0.39 is 11.9 Å². The first-order valence-corrected chi connectivity index (χ1v) is 26.2. The molecule has 0 saturated heterocycles. The minimum absolute atomic E-state index is 0.111. The molecule has 0 heterocycles. The van der Waals surface area contributed by atoms with Crippen molar-refractivity contribution in [3.8, 4) is 0 Å². The number of nitrogens with zero attached hydrogens (tertiary/aromatic N) is 2. The zero-order valence-electron chi connectivity index (χ0n) is 44.1. The fourth-order valence-electron chi connectivity index (χ4n) is 8.73. The van der Waals surface area contributed by atoms with Crippen LogP contribution in [0, 0.1) is 0 Å². The monoisotopic (exact) mass is 1040 g/mol. The van der Waals surface area contributed by atoms with Gasteiger partial charge in [-0.25, -0.2) is 9.59 Å². The minimum Gasteiger partial charge on any atom is -0.458 e. The summed E-state index contributed by atoms with van der Waals surface area (Å²) in [6, 6.07) is 73.7. The second kappa shape index (κ2) is 27.6. The highest BCUT2D eigenvalue weighted by Crippen LogP contribution is 2.37. The Morgan fingerprint density at radius 2 is 0.532 bits per heavy atom. The Kier molecular flexibility index (Phi) is 19.0. The van der Waals surface area contributed by atoms with Crippen molar-refractivity contribution in [2.24, 2.45) is 0 Å². The maximum absolute atomic E-state index is 13.3. The van der Waals surface area contributed by atoms with Crippen LogP contribution >= 0.6 is 0 Å². The fourth-order valence-corrected chi connectivity index (χ4v) is 8.73. The third kappa shape index (κ3) is 15.2. The minimum atomic E-state index is -0.531. The molecule has 0 aliphatic rings. The number of carbonyl (C=O) groups excluding carboxylic acids is 2. The summed E-state index contributed by atoms with van der Waals surface area (Å²) in [7, 11) is 0. The molecule has 9 aromatic rings. The molecule has 0 N–H and O–H groups in total. The zero-order chi connectivity index (χ0) is 54.6. The lowest BCUT2D eigenvalue weighted by Gasteiger charge is -2.26. The summed E-state index contributed by atoms with van der Waals surface area (Å²) >= 11 is 0. The van der Waals surface area contributed by atoms with Crippen molar-refractivity contribution in [1.82, 2.24) is 0 Å². The average Bonchev–Trinajstić information content (AvgIpc) is 3.50. The molecule has 0 aliphatic carbocycles. The molecule has 0 atom stereocenters. The van der Waals surface area contributed by atoms with Gasteiger partial charge < -0.3 is 33.5 Å². The van der Waals surface area contributed by atoms with E-state index in [4.69, 9.17) is 23.7 Å². The molecule has 9 heteroatoms. The Balaban J connectivity index is 0.795. The van der Waals surface area contributed by atoms with Crippen LogP contribution in [0.1, 0.15) is 70.8 Å². The van der Waals surface area contributed by atoms with Crippen LogP contribution in [0.25, 0.3) is 18.2 Å². The van der Waals surface area contributed by atoms with Crippen LogP contribution in [0.4, 0.5) is 34.1 Å². The molecular formula is C70H62N2O7. The number of benzene rings is 9. The summed E-state index contributed by atoms with van der Waals surface area (Å²) in [4.78, 5) is 30.8. The highest BCUT2D eigenvalue weighted by molar-refractivity contribution is 5.91. The Bertz CT molecular complexity index is 3300. The van der Waals surface area contributed by atoms with Crippen molar-refractivity contribution in [3.63, 3.8) is 0 Å². The van der Waals surface area contributed by atoms with Crippen molar-refractivity contribution < 1.29 is 33.3 Å². The number of ether oxygens (including phenoxy) is 5. The Morgan fingerprint density at radius 3 is 0.785 bits per heavy atom. The van der Waals surface area contributed by atoms with Gasteiger partial charge in [-0.1, -0.05) is 165 Å². The van der Waals surface area contributed by atoms with Crippen LogP contribution in [0.15, 0.2) is 244 Å². The Hall–Kier alpha value is -9.38. The number of esters is 2. The molecule has 0 radical (unpaired) electrons. The molecule has 9 aromatic carbocycles. The SMILES string of the molecule is C=Cc1ccc(COCc2ccc(N(c3ccccc3)c3ccc(C(=O)OCCOC(=O)c4ccc(N(c5ccc(COCc6ccc(C=C)cc6)cc5)c5ccc(COCc6ccc(C=C)cc6)cc5)cc4)cc3)cc2)cc1. The number of para-hydroxylation sites is 1. The summed E-state index contributed by atoms with van der Waals surface area (Å²) in [5.74, 6) is -1.05. The van der Waals surface area contributed by atoms with Gasteiger partial charge in [-0.3, -0.25) is 0 Å². The van der Waals surface area contributed by atoms with E-state index in [1.54, 1.807) is 24.3 Å². The maximum atomic E-state index is 13.3. The summed E-state index contributed by atoms with van der Waals surface area (Å²) in [6.07, 6.45) is 5.47. The molecule has 9 rings (SSSR count). The molecule has 0 fully saturated rings. The average molecular weight is 1040 g/mol. The molecule has 0 spiro atoms. The van der Waals surface area contributed by atoms with Gasteiger partial charge in [0.25, 0.3) is 0 Å². The first kappa shape index (κ1) is 54.4. The van der Waals surface area contributed by atoms with Gasteiger partial charge in [-0.15, -0.1) is 0 Å². The predicted octanol–water partition coefficient (Wildman–Crippen LogP) is 16.7. The van der Waals surface area contributed by atoms with Gasteiger partial charge in [0, 0.05) is 34.1 Å². The molecule has 0 unspecified atom stereocenters. The highest BCUT2D eigenvalue weighted by Gasteiger charge is 2.17. The van der Waals surface area contributed by atoms with Crippen LogP contribution in [0.5, 0.6) is 0 Å². The van der Waals surface area contributed by atoms with Gasteiger partial charge in [-0.05, 0) is 147 Å². The maximum Gasteiger partial charge on any atom is 0.338 e. The summed E-state index contributed by atoms with van der Waals surface area (Å²) in [5.41, 5.74) is 15.8. The molecule has 9 nitrogen and oxygen atoms in total. The molecule has 0 aromatic heterocycles. The topological polar surface area (TPSA) is 86.8 Å². The number of rotatable bonds is 26. The van der Waals surface area contributed by atoms with E-state index in [-0.39, 0.29) is 13.2 Å². The zero-order valence-corrected chi connectivity index (χ0v) is 44.1. The van der Waals surface area contributed by atoms with Crippen molar-refractivity contribution in [2.75, 3.05) is 23.0 Å². The second-order valence-electron chi connectivity index (χ2n) is 18.7. The van der Waals surface area contributed by atoms with Crippen molar-refractivity contribution in [1.29, 1.82) is 0 Å². The van der Waals surface area contributed by atoms with Gasteiger partial charge in [0.15, 0.2) is 0 Å². The van der Waals surface area contributed by atoms with E-state index >= 15 is 0 Å². The first-order chi connectivity index (χ1) is 38.8. The van der Waals surface area contributed by atoms with Gasteiger partial charge in [-0.2, -0.15) is 0 Å². The van der Waals surface area contributed by atoms with Crippen molar-refractivity contribution in [3.05, 3.63) is 305 Å². The molecular weight excluding hydrogens is 981 g/mol. The quantitative estimate of drug-likeness (QED) is 0.0389. The normalized spacial score (nSPS) is 10.8. The van der Waals surface area contributed by atoms with Crippen LogP contribution in [0.2, 0.25) is 0 Å². The summed E-state index contributed by atoms with van der Waals surface area (Å²) < 4.78 is 29.3. The van der Waals surface area contributed by atoms with Crippen LogP contribution in [0.3, 0.4) is 0 Å². The predicted molar refractivity (Wildman–Crippen MR) is 318 cm³/mol. The smallest absolute Gasteiger partial charge is 0.338 e. The first-order valence-electron chi connectivity index (χ1n) is 26.2. The Labute approximate surface area is 463 Å². The fraction of sp³-hybridized carbons (Fsp3) is 0.114. The van der Waals surface area contributed by atoms with Crippen LogP contribution in [-0.4, -0.2) is 25.2 Å². The number of hydrogen-bond donors (Lipinski definition) is 0. The van der Waals surface area contributed by atoms with E-state index in [2.05, 4.69) is 102 Å². The van der Waals surface area contributed by atoms with Gasteiger partial charge >= 0.3 is 11.9 Å². The van der Waals surface area contributed by atoms with Gasteiger partial charge in [0.1, 0.15) is 13.2 Å². The molecule has 0 saturated carbocycles. The highest BCUT2D eigenvalue weighted by atomic mass is 16.6. The van der Waals surface area contributed by atoms with E-state index in [0.29, 0.717) is 50.8 Å². The third-order valence-corrected chi connectivity index (χ3v) is 13.1. The lowest BCUT2D eigenvalue weighted by atomic mass is 10.1. The summed E-state index contributed by atoms with van der Waals surface area (Å²) in [6.45, 7) is 14.1. The standard InChI is InChI=1S/C70H62N2O7/c1-4-52-12-18-55(19-13-52)46-75-49-58-24-34-64(35-25-58)71(63-10-8-7-9-11-63)67-40-30-61(31-41-67)69(73)78-44-45-79-70(74)62-32-42-68(43-33-62)72(65-36-26-59(27-37-65)50-76-47-56-20-14-53(5-2)15-21-56)66-38-28-60(29-39-66)51-77-48-57-22-16-54(6-3)17-23-57/h4-43H,1-3,44-51H2. The van der Waals surface area contributed by atoms with Crippen molar-refractivity contribution >= 4 is 64.3 Å². The molecule has 394 valence electrons. The molecule has 0 bridgehead atoms. The summed E-state index contributed by atoms with van der Waals surface area (Å²) in [5, 5.41) is 0. The number of carbonyl (C=O) groups is 2. The largest absolute Gasteiger partial charge is 0.458 e. The van der Waals surface area contributed by atoms with Crippen molar-refractivity contribution in [2.45, 2.75) is 39.6 Å². The van der Waals surface area contributed by atoms with E-state index in [1.807, 2.05) is 146 Å². The van der Waals surface area contributed by atoms with Crippen LogP contribution < -0.4 is 9.80 Å². The second-order valence-corrected chi connectivity index (χ2v) is 18.7. The Morgan fingerprint density at radius 1 is 0.304 bits per heavy atom. The third-order valence-electron chi connectivity index (χ3n) is 13.1. The lowest BCUT2D eigenvalue weighted by molar-refractivity contribution is 0.0265.